The summed E-state index contributed by atoms with van der Waals surface area (Å²) in [5, 5.41) is 7.73. The van der Waals surface area contributed by atoms with Gasteiger partial charge >= 0.3 is 6.18 Å². The highest BCUT2D eigenvalue weighted by atomic mass is 32.1. The van der Waals surface area contributed by atoms with Crippen LogP contribution in [0.4, 0.5) is 19.1 Å². The first-order valence-corrected chi connectivity index (χ1v) is 12.3. The molecule has 0 radical (unpaired) electrons. The van der Waals surface area contributed by atoms with Gasteiger partial charge in [-0.15, -0.1) is 11.3 Å². The van der Waals surface area contributed by atoms with Gasteiger partial charge in [-0.25, -0.2) is 15.0 Å². The van der Waals surface area contributed by atoms with E-state index in [0.717, 1.165) is 54.7 Å². The van der Waals surface area contributed by atoms with Crippen LogP contribution < -0.4 is 10.6 Å². The first-order valence-electron chi connectivity index (χ1n) is 11.5. The van der Waals surface area contributed by atoms with E-state index in [0.29, 0.717) is 34.9 Å². The number of aromatic nitrogens is 3. The zero-order valence-corrected chi connectivity index (χ0v) is 19.0. The summed E-state index contributed by atoms with van der Waals surface area (Å²) >= 11 is 1.54. The molecule has 2 aliphatic rings. The van der Waals surface area contributed by atoms with Gasteiger partial charge in [0, 0.05) is 23.7 Å². The Hall–Kier alpha value is -2.52. The molecule has 5 rings (SSSR count). The maximum absolute atomic E-state index is 13.4. The van der Waals surface area contributed by atoms with Crippen LogP contribution in [0.25, 0.3) is 21.8 Å². The molecule has 0 amide bonds. The van der Waals surface area contributed by atoms with Gasteiger partial charge in [0.1, 0.15) is 0 Å². The largest absolute Gasteiger partial charge is 0.416 e. The van der Waals surface area contributed by atoms with Crippen molar-refractivity contribution in [2.45, 2.75) is 56.7 Å². The first-order chi connectivity index (χ1) is 16.0. The Labute approximate surface area is 194 Å². The number of rotatable bonds is 5. The predicted molar refractivity (Wildman–Crippen MR) is 124 cm³/mol. The Morgan fingerprint density at radius 1 is 1.00 bits per heavy atom. The molecule has 2 aromatic heterocycles. The van der Waals surface area contributed by atoms with Crippen molar-refractivity contribution in [2.24, 2.45) is 0 Å². The quantitative estimate of drug-likeness (QED) is 0.468. The Morgan fingerprint density at radius 3 is 2.55 bits per heavy atom. The standard InChI is InChI=1S/C24H26F3N5S/c25-24(26,27)17-5-3-4-16(14-17)20-21(33-22(32-20)15-8-11-28-12-9-15)19-10-13-29-23(31-19)30-18-6-1-2-7-18/h3-5,10,13-15,18,28H,1-2,6-9,11-12H2,(H,29,30,31). The van der Waals surface area contributed by atoms with Crippen molar-refractivity contribution in [3.8, 4) is 21.8 Å². The number of thiazole rings is 1. The second-order valence-corrected chi connectivity index (χ2v) is 9.75. The molecule has 1 aromatic carbocycles. The molecule has 0 atom stereocenters. The molecule has 1 saturated heterocycles. The minimum Gasteiger partial charge on any atom is -0.351 e. The minimum atomic E-state index is -4.41. The lowest BCUT2D eigenvalue weighted by atomic mass is 9.99. The summed E-state index contributed by atoms with van der Waals surface area (Å²) in [6.07, 6.45) is 3.83. The third-order valence-corrected chi connectivity index (χ3v) is 7.61. The Kier molecular flexibility index (Phi) is 6.34. The van der Waals surface area contributed by atoms with E-state index in [2.05, 4.69) is 15.6 Å². The monoisotopic (exact) mass is 473 g/mol. The number of alkyl halides is 3. The van der Waals surface area contributed by atoms with Crippen molar-refractivity contribution in [3.05, 3.63) is 47.1 Å². The van der Waals surface area contributed by atoms with Crippen molar-refractivity contribution in [1.82, 2.24) is 20.3 Å². The SMILES string of the molecule is FC(F)(F)c1cccc(-c2nc(C3CCNCC3)sc2-c2ccnc(NC3CCCC3)n2)c1. The molecule has 3 aromatic rings. The highest BCUT2D eigenvalue weighted by Gasteiger charge is 2.31. The molecule has 0 unspecified atom stereocenters. The molecule has 1 aliphatic heterocycles. The van der Waals surface area contributed by atoms with E-state index < -0.39 is 11.7 Å². The van der Waals surface area contributed by atoms with Crippen molar-refractivity contribution in [3.63, 3.8) is 0 Å². The molecule has 5 nitrogen and oxygen atoms in total. The third-order valence-electron chi connectivity index (χ3n) is 6.37. The van der Waals surface area contributed by atoms with Gasteiger partial charge in [-0.1, -0.05) is 25.0 Å². The van der Waals surface area contributed by atoms with Gasteiger partial charge in [0.2, 0.25) is 5.95 Å². The zero-order chi connectivity index (χ0) is 22.8. The van der Waals surface area contributed by atoms with Crippen LogP contribution in [0.3, 0.4) is 0 Å². The lowest BCUT2D eigenvalue weighted by Gasteiger charge is -2.20. The summed E-state index contributed by atoms with van der Waals surface area (Å²) in [4.78, 5) is 14.8. The predicted octanol–water partition coefficient (Wildman–Crippen LogP) is 6.11. The lowest BCUT2D eigenvalue weighted by Crippen LogP contribution is -2.26. The van der Waals surface area contributed by atoms with E-state index in [4.69, 9.17) is 9.97 Å². The Morgan fingerprint density at radius 2 is 1.79 bits per heavy atom. The van der Waals surface area contributed by atoms with E-state index in [1.165, 1.54) is 25.0 Å². The summed E-state index contributed by atoms with van der Waals surface area (Å²) in [7, 11) is 0. The fourth-order valence-corrected chi connectivity index (χ4v) is 5.83. The van der Waals surface area contributed by atoms with Crippen LogP contribution >= 0.6 is 11.3 Å². The Bertz CT molecular complexity index is 1100. The number of halogens is 3. The van der Waals surface area contributed by atoms with E-state index in [-0.39, 0.29) is 0 Å². The summed E-state index contributed by atoms with van der Waals surface area (Å²) in [6.45, 7) is 1.84. The third kappa shape index (κ3) is 5.04. The summed E-state index contributed by atoms with van der Waals surface area (Å²) in [5.41, 5.74) is 1.04. The number of anilines is 1. The fraction of sp³-hybridized carbons (Fsp3) is 0.458. The van der Waals surface area contributed by atoms with E-state index >= 15 is 0 Å². The van der Waals surface area contributed by atoms with Crippen LogP contribution in [0.1, 0.15) is 55.0 Å². The van der Waals surface area contributed by atoms with Gasteiger partial charge < -0.3 is 10.6 Å². The van der Waals surface area contributed by atoms with Gasteiger partial charge in [-0.3, -0.25) is 0 Å². The van der Waals surface area contributed by atoms with Crippen LogP contribution in [-0.2, 0) is 6.18 Å². The van der Waals surface area contributed by atoms with Crippen LogP contribution in [0.15, 0.2) is 36.5 Å². The highest BCUT2D eigenvalue weighted by molar-refractivity contribution is 7.15. The topological polar surface area (TPSA) is 62.7 Å². The molecule has 2 N–H and O–H groups in total. The Balaban J connectivity index is 1.55. The molecule has 1 saturated carbocycles. The maximum Gasteiger partial charge on any atom is 0.416 e. The molecule has 0 bridgehead atoms. The number of piperidine rings is 1. The molecule has 174 valence electrons. The average Bonchev–Trinajstić information content (AvgIpc) is 3.50. The van der Waals surface area contributed by atoms with Gasteiger partial charge in [0.25, 0.3) is 0 Å². The second kappa shape index (κ2) is 9.38. The van der Waals surface area contributed by atoms with Crippen LogP contribution in [0.2, 0.25) is 0 Å². The number of nitrogens with zero attached hydrogens (tertiary/aromatic N) is 3. The van der Waals surface area contributed by atoms with Gasteiger partial charge in [-0.2, -0.15) is 13.2 Å². The second-order valence-electron chi connectivity index (χ2n) is 8.72. The number of hydrogen-bond acceptors (Lipinski definition) is 6. The van der Waals surface area contributed by atoms with Gasteiger partial charge in [-0.05, 0) is 57.0 Å². The number of nitrogens with one attached hydrogen (secondary N) is 2. The van der Waals surface area contributed by atoms with Crippen molar-refractivity contribution >= 4 is 17.3 Å². The van der Waals surface area contributed by atoms with Crippen molar-refractivity contribution < 1.29 is 13.2 Å². The minimum absolute atomic E-state index is 0.299. The summed E-state index contributed by atoms with van der Waals surface area (Å²) < 4.78 is 40.2. The smallest absolute Gasteiger partial charge is 0.351 e. The number of benzene rings is 1. The highest BCUT2D eigenvalue weighted by Crippen LogP contribution is 2.42. The van der Waals surface area contributed by atoms with Crippen LogP contribution in [0, 0.1) is 0 Å². The number of hydrogen-bond donors (Lipinski definition) is 2. The molecule has 1 aliphatic carbocycles. The van der Waals surface area contributed by atoms with Crippen molar-refractivity contribution in [2.75, 3.05) is 18.4 Å². The lowest BCUT2D eigenvalue weighted by molar-refractivity contribution is -0.137. The van der Waals surface area contributed by atoms with E-state index in [1.54, 1.807) is 23.6 Å². The van der Waals surface area contributed by atoms with Crippen LogP contribution in [0.5, 0.6) is 0 Å². The molecule has 33 heavy (non-hydrogen) atoms. The van der Waals surface area contributed by atoms with Crippen LogP contribution in [-0.4, -0.2) is 34.1 Å². The summed E-state index contributed by atoms with van der Waals surface area (Å²) in [6, 6.07) is 7.60. The van der Waals surface area contributed by atoms with Gasteiger partial charge in [0.15, 0.2) is 0 Å². The normalized spacial score (nSPS) is 18.0. The van der Waals surface area contributed by atoms with Gasteiger partial charge in [0.05, 0.1) is 26.8 Å². The average molecular weight is 474 g/mol. The molecule has 3 heterocycles. The molecule has 2 fully saturated rings. The van der Waals surface area contributed by atoms with E-state index in [9.17, 15) is 13.2 Å². The van der Waals surface area contributed by atoms with Crippen molar-refractivity contribution in [1.29, 1.82) is 0 Å². The first kappa shape index (κ1) is 22.3. The molecule has 9 heteroatoms. The molecule has 0 spiro atoms. The molecular weight excluding hydrogens is 447 g/mol. The zero-order valence-electron chi connectivity index (χ0n) is 18.2. The maximum atomic E-state index is 13.4. The molecular formula is C24H26F3N5S. The summed E-state index contributed by atoms with van der Waals surface area (Å²) in [5.74, 6) is 0.860. The van der Waals surface area contributed by atoms with E-state index in [1.807, 2.05) is 6.07 Å². The fourth-order valence-electron chi connectivity index (χ4n) is 4.60.